The van der Waals surface area contributed by atoms with Gasteiger partial charge in [-0.1, -0.05) is 18.1 Å². The van der Waals surface area contributed by atoms with Crippen molar-refractivity contribution in [3.05, 3.63) is 89.4 Å². The van der Waals surface area contributed by atoms with Gasteiger partial charge in [0.1, 0.15) is 17.3 Å². The summed E-state index contributed by atoms with van der Waals surface area (Å²) in [5.41, 5.74) is 8.37. The van der Waals surface area contributed by atoms with Crippen molar-refractivity contribution in [3.8, 4) is 11.8 Å². The number of anilines is 1. The second kappa shape index (κ2) is 8.01. The number of amides is 1. The number of aromatic nitrogens is 4. The summed E-state index contributed by atoms with van der Waals surface area (Å²) in [6.45, 7) is 1.79. The minimum atomic E-state index is -0.366. The quantitative estimate of drug-likeness (QED) is 0.515. The van der Waals surface area contributed by atoms with Crippen molar-refractivity contribution in [3.63, 3.8) is 0 Å². The van der Waals surface area contributed by atoms with E-state index in [1.165, 1.54) is 30.7 Å². The van der Waals surface area contributed by atoms with Gasteiger partial charge in [0, 0.05) is 11.8 Å². The lowest BCUT2D eigenvalue weighted by Gasteiger charge is -2.14. The first-order valence-electron chi connectivity index (χ1n) is 9.13. The van der Waals surface area contributed by atoms with Gasteiger partial charge in [0.2, 0.25) is 0 Å². The summed E-state index contributed by atoms with van der Waals surface area (Å²) in [5.74, 6) is 5.57. The number of halogens is 1. The molecule has 1 atom stereocenters. The molecule has 0 spiro atoms. The van der Waals surface area contributed by atoms with Crippen LogP contribution in [-0.4, -0.2) is 25.5 Å². The topological polar surface area (TPSA) is 98.2 Å². The monoisotopic (exact) mass is 400 g/mol. The standard InChI is InChI=1S/C22H17FN6O/c1-14(16-3-2-4-17(23)10-16)28-22(30)19-12-27-29-8-7-15(9-20(19)29)5-6-18-11-26-21(24)13-25-18/h2-4,7-14H,1H3,(H2,24,26)(H,28,30)/t14-/m0/s1. The highest BCUT2D eigenvalue weighted by atomic mass is 19.1. The van der Waals surface area contributed by atoms with Gasteiger partial charge < -0.3 is 11.1 Å². The summed E-state index contributed by atoms with van der Waals surface area (Å²) in [6, 6.07) is 9.32. The molecule has 148 valence electrons. The minimum absolute atomic E-state index is 0.309. The lowest BCUT2D eigenvalue weighted by molar-refractivity contribution is 0.0941. The van der Waals surface area contributed by atoms with E-state index in [-0.39, 0.29) is 17.8 Å². The number of nitrogens with zero attached hydrogens (tertiary/aromatic N) is 4. The third-order valence-corrected chi connectivity index (χ3v) is 4.47. The molecular weight excluding hydrogens is 383 g/mol. The molecule has 1 aromatic carbocycles. The van der Waals surface area contributed by atoms with Gasteiger partial charge in [-0.3, -0.25) is 4.79 Å². The summed E-state index contributed by atoms with van der Waals surface area (Å²) in [5, 5.41) is 7.09. The highest BCUT2D eigenvalue weighted by Crippen LogP contribution is 2.17. The Hall–Kier alpha value is -4.25. The summed E-state index contributed by atoms with van der Waals surface area (Å²) in [7, 11) is 0. The molecule has 0 aliphatic rings. The van der Waals surface area contributed by atoms with E-state index in [0.717, 1.165) is 0 Å². The van der Waals surface area contributed by atoms with Crippen molar-refractivity contribution in [1.29, 1.82) is 0 Å². The van der Waals surface area contributed by atoms with E-state index in [2.05, 4.69) is 32.2 Å². The number of rotatable bonds is 3. The average Bonchev–Trinajstić information content (AvgIpc) is 3.16. The molecule has 30 heavy (non-hydrogen) atoms. The van der Waals surface area contributed by atoms with Crippen molar-refractivity contribution in [2.75, 3.05) is 5.73 Å². The van der Waals surface area contributed by atoms with Gasteiger partial charge in [-0.25, -0.2) is 18.9 Å². The Bertz CT molecular complexity index is 1290. The van der Waals surface area contributed by atoms with E-state index in [1.54, 1.807) is 41.9 Å². The first-order valence-corrected chi connectivity index (χ1v) is 9.13. The predicted molar refractivity (Wildman–Crippen MR) is 110 cm³/mol. The molecule has 3 N–H and O–H groups in total. The molecule has 0 saturated heterocycles. The molecule has 0 radical (unpaired) electrons. The number of hydrogen-bond donors (Lipinski definition) is 2. The maximum atomic E-state index is 13.5. The fourth-order valence-electron chi connectivity index (χ4n) is 2.91. The van der Waals surface area contributed by atoms with Gasteiger partial charge >= 0.3 is 0 Å². The normalized spacial score (nSPS) is 11.5. The molecule has 0 bridgehead atoms. The van der Waals surface area contributed by atoms with E-state index < -0.39 is 0 Å². The molecule has 0 unspecified atom stereocenters. The van der Waals surface area contributed by atoms with Gasteiger partial charge in [-0.05, 0) is 42.7 Å². The molecule has 0 saturated carbocycles. The Morgan fingerprint density at radius 1 is 1.17 bits per heavy atom. The number of carbonyl (C=O) groups is 1. The summed E-state index contributed by atoms with van der Waals surface area (Å²) in [4.78, 5) is 20.8. The molecule has 0 aliphatic heterocycles. The van der Waals surface area contributed by atoms with Crippen LogP contribution >= 0.6 is 0 Å². The highest BCUT2D eigenvalue weighted by Gasteiger charge is 2.16. The highest BCUT2D eigenvalue weighted by molar-refractivity contribution is 6.00. The number of pyridine rings is 1. The second-order valence-corrected chi connectivity index (χ2v) is 6.63. The van der Waals surface area contributed by atoms with Crippen molar-refractivity contribution >= 4 is 17.2 Å². The third-order valence-electron chi connectivity index (χ3n) is 4.47. The fraction of sp³-hybridized carbons (Fsp3) is 0.0909. The zero-order valence-corrected chi connectivity index (χ0v) is 16.0. The maximum absolute atomic E-state index is 13.5. The first-order chi connectivity index (χ1) is 14.5. The second-order valence-electron chi connectivity index (χ2n) is 6.63. The number of nitrogens with one attached hydrogen (secondary N) is 1. The molecule has 3 heterocycles. The molecule has 8 heteroatoms. The smallest absolute Gasteiger partial charge is 0.255 e. The molecule has 4 rings (SSSR count). The van der Waals surface area contributed by atoms with Crippen LogP contribution in [0.1, 0.15) is 40.1 Å². The van der Waals surface area contributed by atoms with E-state index in [9.17, 15) is 9.18 Å². The number of benzene rings is 1. The SMILES string of the molecule is C[C@H](NC(=O)c1cnn2ccc(C#Cc3cnc(N)cn3)cc12)c1cccc(F)c1. The first kappa shape index (κ1) is 19.1. The van der Waals surface area contributed by atoms with Crippen molar-refractivity contribution < 1.29 is 9.18 Å². The van der Waals surface area contributed by atoms with Crippen LogP contribution in [-0.2, 0) is 0 Å². The number of fused-ring (bicyclic) bond motifs is 1. The molecular formula is C22H17FN6O. The largest absolute Gasteiger partial charge is 0.382 e. The molecule has 1 amide bonds. The van der Waals surface area contributed by atoms with Crippen LogP contribution in [0.4, 0.5) is 10.2 Å². The number of nitrogen functional groups attached to an aromatic ring is 1. The number of hydrogen-bond acceptors (Lipinski definition) is 5. The van der Waals surface area contributed by atoms with E-state index in [4.69, 9.17) is 5.73 Å². The molecule has 4 aromatic rings. The van der Waals surface area contributed by atoms with Gasteiger partial charge in [0.15, 0.2) is 0 Å². The van der Waals surface area contributed by atoms with E-state index in [0.29, 0.717) is 33.7 Å². The number of nitrogens with two attached hydrogens (primary N) is 1. The van der Waals surface area contributed by atoms with E-state index >= 15 is 0 Å². The molecule has 7 nitrogen and oxygen atoms in total. The fourth-order valence-corrected chi connectivity index (χ4v) is 2.91. The van der Waals surface area contributed by atoms with Gasteiger partial charge in [-0.2, -0.15) is 5.10 Å². The number of carbonyl (C=O) groups excluding carboxylic acids is 1. The summed E-state index contributed by atoms with van der Waals surface area (Å²) in [6.07, 6.45) is 6.14. The van der Waals surface area contributed by atoms with Crippen molar-refractivity contribution in [2.45, 2.75) is 13.0 Å². The predicted octanol–water partition coefficient (Wildman–Crippen LogP) is 2.74. The Morgan fingerprint density at radius 2 is 2.03 bits per heavy atom. The Morgan fingerprint density at radius 3 is 2.80 bits per heavy atom. The van der Waals surface area contributed by atoms with Gasteiger partial charge in [0.05, 0.1) is 35.7 Å². The van der Waals surface area contributed by atoms with Crippen LogP contribution < -0.4 is 11.1 Å². The summed E-state index contributed by atoms with van der Waals surface area (Å²) < 4.78 is 15.0. The van der Waals surface area contributed by atoms with Crippen LogP contribution in [0.2, 0.25) is 0 Å². The Balaban J connectivity index is 1.58. The van der Waals surface area contributed by atoms with Crippen LogP contribution in [0.3, 0.4) is 0 Å². The lowest BCUT2D eigenvalue weighted by Crippen LogP contribution is -2.26. The zero-order chi connectivity index (χ0) is 21.1. The van der Waals surface area contributed by atoms with Gasteiger partial charge in [0.25, 0.3) is 5.91 Å². The molecule has 3 aromatic heterocycles. The summed E-state index contributed by atoms with van der Waals surface area (Å²) >= 11 is 0. The van der Waals surface area contributed by atoms with Crippen molar-refractivity contribution in [2.24, 2.45) is 0 Å². The van der Waals surface area contributed by atoms with Crippen LogP contribution in [0, 0.1) is 17.7 Å². The van der Waals surface area contributed by atoms with Crippen LogP contribution in [0.25, 0.3) is 5.52 Å². The van der Waals surface area contributed by atoms with Crippen LogP contribution in [0.15, 0.2) is 61.2 Å². The zero-order valence-electron chi connectivity index (χ0n) is 16.0. The van der Waals surface area contributed by atoms with Gasteiger partial charge in [-0.15, -0.1) is 0 Å². The minimum Gasteiger partial charge on any atom is -0.382 e. The maximum Gasteiger partial charge on any atom is 0.255 e. The lowest BCUT2D eigenvalue weighted by atomic mass is 10.1. The average molecular weight is 400 g/mol. The Kier molecular flexibility index (Phi) is 5.09. The molecule has 0 aliphatic carbocycles. The third kappa shape index (κ3) is 4.10. The van der Waals surface area contributed by atoms with Crippen LogP contribution in [0.5, 0.6) is 0 Å². The Labute approximate surface area is 171 Å². The molecule has 0 fully saturated rings. The van der Waals surface area contributed by atoms with Crippen molar-refractivity contribution in [1.82, 2.24) is 24.9 Å². The van der Waals surface area contributed by atoms with E-state index in [1.807, 2.05) is 0 Å².